The first-order chi connectivity index (χ1) is 8.74. The standard InChI is InChI=1S/C13H16Cl3NO2/c1-4-9(3)19-11-6-5-10(7-8(11)2)17-12(18)13(14,15)16/h5-7,9H,4H2,1-3H3,(H,17,18)/t9-/m1/s1. The Balaban J connectivity index is 2.80. The van der Waals surface area contributed by atoms with Crippen molar-refractivity contribution in [3.05, 3.63) is 23.8 Å². The molecule has 0 aliphatic heterocycles. The Morgan fingerprint density at radius 2 is 2.05 bits per heavy atom. The van der Waals surface area contributed by atoms with Gasteiger partial charge in [-0.1, -0.05) is 41.7 Å². The second-order valence-electron chi connectivity index (χ2n) is 4.27. The molecule has 1 rings (SSSR count). The highest BCUT2D eigenvalue weighted by molar-refractivity contribution is 6.76. The third-order valence-electron chi connectivity index (χ3n) is 2.59. The summed E-state index contributed by atoms with van der Waals surface area (Å²) in [7, 11) is 0. The molecule has 1 amide bonds. The average Bonchev–Trinajstić information content (AvgIpc) is 2.31. The van der Waals surface area contributed by atoms with Gasteiger partial charge in [0, 0.05) is 5.69 Å². The zero-order chi connectivity index (χ0) is 14.6. The Morgan fingerprint density at radius 3 is 2.53 bits per heavy atom. The van der Waals surface area contributed by atoms with Crippen LogP contribution in [0.3, 0.4) is 0 Å². The molecule has 0 bridgehead atoms. The molecule has 19 heavy (non-hydrogen) atoms. The third kappa shape index (κ3) is 5.09. The number of carbonyl (C=O) groups excluding carboxylic acids is 1. The smallest absolute Gasteiger partial charge is 0.276 e. The van der Waals surface area contributed by atoms with Crippen molar-refractivity contribution in [3.63, 3.8) is 0 Å². The normalized spacial score (nSPS) is 12.9. The second kappa shape index (κ2) is 6.69. The minimum Gasteiger partial charge on any atom is -0.490 e. The highest BCUT2D eigenvalue weighted by Gasteiger charge is 2.30. The van der Waals surface area contributed by atoms with Crippen LogP contribution in [0.25, 0.3) is 0 Å². The number of halogens is 3. The lowest BCUT2D eigenvalue weighted by Gasteiger charge is -2.16. The lowest BCUT2D eigenvalue weighted by atomic mass is 10.2. The Bertz CT molecular complexity index is 458. The van der Waals surface area contributed by atoms with Crippen molar-refractivity contribution in [1.29, 1.82) is 0 Å². The summed E-state index contributed by atoms with van der Waals surface area (Å²) in [4.78, 5) is 11.5. The molecule has 106 valence electrons. The van der Waals surface area contributed by atoms with E-state index in [1.807, 2.05) is 13.8 Å². The van der Waals surface area contributed by atoms with E-state index in [1.165, 1.54) is 0 Å². The number of hydrogen-bond donors (Lipinski definition) is 1. The van der Waals surface area contributed by atoms with E-state index in [1.54, 1.807) is 18.2 Å². The SMILES string of the molecule is CC[C@@H](C)Oc1ccc(NC(=O)C(Cl)(Cl)Cl)cc1C. The molecule has 0 saturated heterocycles. The third-order valence-corrected chi connectivity index (χ3v) is 3.11. The highest BCUT2D eigenvalue weighted by Crippen LogP contribution is 2.29. The van der Waals surface area contributed by atoms with Crippen molar-refractivity contribution in [2.45, 2.75) is 37.1 Å². The van der Waals surface area contributed by atoms with Crippen LogP contribution in [-0.2, 0) is 4.79 Å². The molecule has 0 aliphatic carbocycles. The van der Waals surface area contributed by atoms with Crippen molar-refractivity contribution in [2.75, 3.05) is 5.32 Å². The van der Waals surface area contributed by atoms with E-state index in [-0.39, 0.29) is 6.10 Å². The van der Waals surface area contributed by atoms with Crippen LogP contribution in [0.15, 0.2) is 18.2 Å². The Morgan fingerprint density at radius 1 is 1.42 bits per heavy atom. The van der Waals surface area contributed by atoms with E-state index >= 15 is 0 Å². The van der Waals surface area contributed by atoms with Gasteiger partial charge in [-0.3, -0.25) is 4.79 Å². The number of alkyl halides is 3. The van der Waals surface area contributed by atoms with Crippen LogP contribution in [0.5, 0.6) is 5.75 Å². The van der Waals surface area contributed by atoms with Gasteiger partial charge in [-0.05, 0) is 44.0 Å². The van der Waals surface area contributed by atoms with Crippen LogP contribution in [0.2, 0.25) is 0 Å². The fraction of sp³-hybridized carbons (Fsp3) is 0.462. The van der Waals surface area contributed by atoms with E-state index in [0.717, 1.165) is 17.7 Å². The molecule has 0 aromatic heterocycles. The molecule has 0 unspecified atom stereocenters. The molecule has 0 heterocycles. The Hall–Kier alpha value is -0.640. The summed E-state index contributed by atoms with van der Waals surface area (Å²) in [6, 6.07) is 5.26. The van der Waals surface area contributed by atoms with Gasteiger partial charge in [-0.2, -0.15) is 0 Å². The quantitative estimate of drug-likeness (QED) is 0.829. The number of anilines is 1. The van der Waals surface area contributed by atoms with Crippen LogP contribution < -0.4 is 10.1 Å². The molecule has 1 aromatic carbocycles. The van der Waals surface area contributed by atoms with Gasteiger partial charge >= 0.3 is 0 Å². The second-order valence-corrected chi connectivity index (χ2v) is 6.55. The predicted molar refractivity (Wildman–Crippen MR) is 80.5 cm³/mol. The fourth-order valence-electron chi connectivity index (χ4n) is 1.36. The summed E-state index contributed by atoms with van der Waals surface area (Å²) in [6.45, 7) is 5.94. The largest absolute Gasteiger partial charge is 0.490 e. The number of nitrogens with one attached hydrogen (secondary N) is 1. The molecule has 1 aromatic rings. The van der Waals surface area contributed by atoms with E-state index < -0.39 is 9.70 Å². The summed E-state index contributed by atoms with van der Waals surface area (Å²) in [5, 5.41) is 2.53. The van der Waals surface area contributed by atoms with Crippen molar-refractivity contribution in [3.8, 4) is 5.75 Å². The van der Waals surface area contributed by atoms with E-state index in [9.17, 15) is 4.79 Å². The zero-order valence-corrected chi connectivity index (χ0v) is 13.2. The number of aryl methyl sites for hydroxylation is 1. The molecule has 0 aliphatic rings. The average molecular weight is 325 g/mol. The molecule has 0 spiro atoms. The number of hydrogen-bond acceptors (Lipinski definition) is 2. The number of rotatable bonds is 4. The van der Waals surface area contributed by atoms with Gasteiger partial charge < -0.3 is 10.1 Å². The first kappa shape index (κ1) is 16.4. The lowest BCUT2D eigenvalue weighted by Crippen LogP contribution is -2.26. The number of amides is 1. The van der Waals surface area contributed by atoms with E-state index in [0.29, 0.717) is 5.69 Å². The number of benzene rings is 1. The molecular weight excluding hydrogens is 309 g/mol. The van der Waals surface area contributed by atoms with Crippen LogP contribution in [-0.4, -0.2) is 15.8 Å². The van der Waals surface area contributed by atoms with Crippen molar-refractivity contribution in [2.24, 2.45) is 0 Å². The maximum atomic E-state index is 11.5. The maximum Gasteiger partial charge on any atom is 0.276 e. The van der Waals surface area contributed by atoms with E-state index in [2.05, 4.69) is 12.2 Å². The van der Waals surface area contributed by atoms with Gasteiger partial charge in [-0.25, -0.2) is 0 Å². The summed E-state index contributed by atoms with van der Waals surface area (Å²) in [5.74, 6) is 0.0914. The summed E-state index contributed by atoms with van der Waals surface area (Å²) < 4.78 is 3.76. The first-order valence-corrected chi connectivity index (χ1v) is 7.03. The molecule has 0 saturated carbocycles. The molecule has 1 N–H and O–H groups in total. The lowest BCUT2D eigenvalue weighted by molar-refractivity contribution is -0.115. The van der Waals surface area contributed by atoms with Gasteiger partial charge in [0.15, 0.2) is 0 Å². The van der Waals surface area contributed by atoms with Crippen LogP contribution in [0, 0.1) is 6.92 Å². The van der Waals surface area contributed by atoms with Crippen LogP contribution in [0.4, 0.5) is 5.69 Å². The van der Waals surface area contributed by atoms with Gasteiger partial charge in [0.2, 0.25) is 0 Å². The minimum absolute atomic E-state index is 0.139. The van der Waals surface area contributed by atoms with Gasteiger partial charge in [-0.15, -0.1) is 0 Å². The van der Waals surface area contributed by atoms with Gasteiger partial charge in [0.25, 0.3) is 9.70 Å². The van der Waals surface area contributed by atoms with Crippen molar-refractivity contribution >= 4 is 46.4 Å². The monoisotopic (exact) mass is 323 g/mol. The molecule has 6 heteroatoms. The highest BCUT2D eigenvalue weighted by atomic mass is 35.6. The Kier molecular flexibility index (Phi) is 5.78. The van der Waals surface area contributed by atoms with Crippen molar-refractivity contribution < 1.29 is 9.53 Å². The van der Waals surface area contributed by atoms with Crippen LogP contribution in [0.1, 0.15) is 25.8 Å². The molecule has 1 atom stereocenters. The number of carbonyl (C=O) groups is 1. The summed E-state index contributed by atoms with van der Waals surface area (Å²) in [6.07, 6.45) is 1.06. The molecular formula is C13H16Cl3NO2. The minimum atomic E-state index is -1.97. The van der Waals surface area contributed by atoms with Gasteiger partial charge in [0.1, 0.15) is 5.75 Å². The summed E-state index contributed by atoms with van der Waals surface area (Å²) in [5.41, 5.74) is 1.47. The molecule has 0 radical (unpaired) electrons. The first-order valence-electron chi connectivity index (χ1n) is 5.89. The topological polar surface area (TPSA) is 38.3 Å². The zero-order valence-electron chi connectivity index (χ0n) is 11.0. The van der Waals surface area contributed by atoms with E-state index in [4.69, 9.17) is 39.5 Å². The number of ether oxygens (including phenoxy) is 1. The summed E-state index contributed by atoms with van der Waals surface area (Å²) >= 11 is 16.5. The molecule has 3 nitrogen and oxygen atoms in total. The fourth-order valence-corrected chi connectivity index (χ4v) is 1.50. The van der Waals surface area contributed by atoms with Gasteiger partial charge in [0.05, 0.1) is 6.10 Å². The predicted octanol–water partition coefficient (Wildman–Crippen LogP) is 4.48. The van der Waals surface area contributed by atoms with Crippen molar-refractivity contribution in [1.82, 2.24) is 0 Å². The maximum absolute atomic E-state index is 11.5. The Labute approximate surface area is 128 Å². The molecule has 0 fully saturated rings. The van der Waals surface area contributed by atoms with Crippen LogP contribution >= 0.6 is 34.8 Å².